The molecule has 1 heterocycles. The Hall–Kier alpha value is -2.41. The first-order chi connectivity index (χ1) is 10.5. The zero-order chi connectivity index (χ0) is 16.1. The number of nitrogens with one attached hydrogen (secondary N) is 1. The van der Waals surface area contributed by atoms with E-state index in [4.69, 9.17) is 22.1 Å². The van der Waals surface area contributed by atoms with E-state index in [0.717, 1.165) is 11.3 Å². The summed E-state index contributed by atoms with van der Waals surface area (Å²) in [4.78, 5) is 25.8. The van der Waals surface area contributed by atoms with E-state index < -0.39 is 5.97 Å². The van der Waals surface area contributed by atoms with Crippen LogP contribution in [0.3, 0.4) is 0 Å². The molecule has 2 aromatic rings. The van der Waals surface area contributed by atoms with Crippen molar-refractivity contribution in [2.75, 3.05) is 7.11 Å². The fraction of sp³-hybridized carbons (Fsp3) is 0.267. The number of rotatable bonds is 6. The first kappa shape index (κ1) is 16.0. The lowest BCUT2D eigenvalue weighted by Crippen LogP contribution is -2.27. The maximum absolute atomic E-state index is 12.2. The molecule has 0 fully saturated rings. The molecule has 1 aromatic heterocycles. The third-order valence-corrected chi connectivity index (χ3v) is 3.60. The van der Waals surface area contributed by atoms with Crippen molar-refractivity contribution < 1.29 is 14.6 Å². The number of aromatic nitrogens is 2. The topological polar surface area (TPSA) is 84.3 Å². The standard InChI is InChI=1S/C15H16N2O4S/c1-21-12-4-2-10(3-5-12)6-7-17-14(20)11(8-13(18)19)9-16-15(17)22/h2-5,9H,6-8H2,1H3,(H,16,22)(H,18,19). The minimum absolute atomic E-state index is 0.191. The second kappa shape index (κ2) is 7.04. The third-order valence-electron chi connectivity index (χ3n) is 3.26. The predicted octanol–water partition coefficient (Wildman–Crippen LogP) is 1.78. The fourth-order valence-corrected chi connectivity index (χ4v) is 2.31. The van der Waals surface area contributed by atoms with Gasteiger partial charge in [0.1, 0.15) is 5.75 Å². The SMILES string of the molecule is COc1ccc(CCn2c(=S)[nH]cc(CC(=O)O)c2=O)cc1. The Kier molecular flexibility index (Phi) is 5.11. The number of ether oxygens (including phenoxy) is 1. The van der Waals surface area contributed by atoms with Crippen LogP contribution in [-0.2, 0) is 24.2 Å². The van der Waals surface area contributed by atoms with Gasteiger partial charge in [-0.15, -0.1) is 0 Å². The van der Waals surface area contributed by atoms with Crippen LogP contribution >= 0.6 is 12.2 Å². The molecule has 0 saturated heterocycles. The first-order valence-electron chi connectivity index (χ1n) is 6.67. The van der Waals surface area contributed by atoms with Gasteiger partial charge in [-0.05, 0) is 36.3 Å². The highest BCUT2D eigenvalue weighted by atomic mass is 32.1. The van der Waals surface area contributed by atoms with Crippen LogP contribution in [0.15, 0.2) is 35.3 Å². The number of aromatic amines is 1. The highest BCUT2D eigenvalue weighted by Crippen LogP contribution is 2.12. The van der Waals surface area contributed by atoms with Crippen LogP contribution in [0.1, 0.15) is 11.1 Å². The Morgan fingerprint density at radius 2 is 2.05 bits per heavy atom. The van der Waals surface area contributed by atoms with Crippen molar-refractivity contribution in [3.63, 3.8) is 0 Å². The number of methoxy groups -OCH3 is 1. The van der Waals surface area contributed by atoms with E-state index in [1.165, 1.54) is 10.8 Å². The second-order valence-electron chi connectivity index (χ2n) is 4.74. The van der Waals surface area contributed by atoms with Crippen molar-refractivity contribution >= 4 is 18.2 Å². The number of carboxylic acid groups (broad SMARTS) is 1. The summed E-state index contributed by atoms with van der Waals surface area (Å²) < 4.78 is 6.76. The summed E-state index contributed by atoms with van der Waals surface area (Å²) in [5, 5.41) is 8.81. The highest BCUT2D eigenvalue weighted by molar-refractivity contribution is 7.71. The largest absolute Gasteiger partial charge is 0.497 e. The van der Waals surface area contributed by atoms with Crippen molar-refractivity contribution in [1.82, 2.24) is 9.55 Å². The van der Waals surface area contributed by atoms with Crippen LogP contribution < -0.4 is 10.3 Å². The van der Waals surface area contributed by atoms with Gasteiger partial charge in [-0.3, -0.25) is 14.2 Å². The van der Waals surface area contributed by atoms with E-state index in [0.29, 0.717) is 13.0 Å². The molecule has 0 aliphatic carbocycles. The predicted molar refractivity (Wildman–Crippen MR) is 83.9 cm³/mol. The van der Waals surface area contributed by atoms with E-state index in [-0.39, 0.29) is 22.3 Å². The van der Waals surface area contributed by atoms with Gasteiger partial charge in [-0.2, -0.15) is 0 Å². The number of H-pyrrole nitrogens is 1. The summed E-state index contributed by atoms with van der Waals surface area (Å²) in [6, 6.07) is 7.52. The number of aryl methyl sites for hydroxylation is 1. The Balaban J connectivity index is 2.19. The summed E-state index contributed by atoms with van der Waals surface area (Å²) in [6.45, 7) is 0.383. The minimum Gasteiger partial charge on any atom is -0.497 e. The molecule has 0 unspecified atom stereocenters. The smallest absolute Gasteiger partial charge is 0.308 e. The van der Waals surface area contributed by atoms with Crippen molar-refractivity contribution in [2.45, 2.75) is 19.4 Å². The molecule has 0 saturated carbocycles. The lowest BCUT2D eigenvalue weighted by Gasteiger charge is -2.08. The summed E-state index contributed by atoms with van der Waals surface area (Å²) in [7, 11) is 1.60. The van der Waals surface area contributed by atoms with Crippen LogP contribution in [0.2, 0.25) is 0 Å². The van der Waals surface area contributed by atoms with Crippen LogP contribution in [0.5, 0.6) is 5.75 Å². The summed E-state index contributed by atoms with van der Waals surface area (Å²) in [5.41, 5.74) is 0.862. The number of hydrogen-bond acceptors (Lipinski definition) is 4. The van der Waals surface area contributed by atoms with E-state index in [1.54, 1.807) is 7.11 Å². The molecule has 22 heavy (non-hydrogen) atoms. The highest BCUT2D eigenvalue weighted by Gasteiger charge is 2.09. The monoisotopic (exact) mass is 320 g/mol. The van der Waals surface area contributed by atoms with Gasteiger partial charge in [0.15, 0.2) is 4.77 Å². The number of carboxylic acids is 1. The molecule has 1 aromatic carbocycles. The zero-order valence-corrected chi connectivity index (χ0v) is 12.9. The molecule has 2 N–H and O–H groups in total. The summed E-state index contributed by atoms with van der Waals surface area (Å²) in [5.74, 6) is -0.286. The Labute approximate surface area is 132 Å². The molecule has 0 radical (unpaired) electrons. The molecule has 7 heteroatoms. The van der Waals surface area contributed by atoms with Gasteiger partial charge in [0.05, 0.1) is 13.5 Å². The van der Waals surface area contributed by atoms with Crippen LogP contribution in [0.4, 0.5) is 0 Å². The quantitative estimate of drug-likeness (QED) is 0.793. The van der Waals surface area contributed by atoms with Gasteiger partial charge in [0, 0.05) is 18.3 Å². The molecule has 0 atom stereocenters. The van der Waals surface area contributed by atoms with Gasteiger partial charge in [0.25, 0.3) is 5.56 Å². The molecule has 116 valence electrons. The molecule has 0 amide bonds. The van der Waals surface area contributed by atoms with Gasteiger partial charge < -0.3 is 14.8 Å². The number of nitrogens with zero attached hydrogens (tertiary/aromatic N) is 1. The molecule has 0 spiro atoms. The van der Waals surface area contributed by atoms with Gasteiger partial charge in [-0.1, -0.05) is 12.1 Å². The minimum atomic E-state index is -1.05. The molecular weight excluding hydrogens is 304 g/mol. The van der Waals surface area contributed by atoms with E-state index >= 15 is 0 Å². The number of benzene rings is 1. The van der Waals surface area contributed by atoms with Crippen LogP contribution in [0, 0.1) is 4.77 Å². The normalized spacial score (nSPS) is 10.4. The lowest BCUT2D eigenvalue weighted by molar-refractivity contribution is -0.136. The maximum Gasteiger partial charge on any atom is 0.308 e. The van der Waals surface area contributed by atoms with Gasteiger partial charge in [-0.25, -0.2) is 0 Å². The number of aliphatic carboxylic acids is 1. The molecular formula is C15H16N2O4S. The summed E-state index contributed by atoms with van der Waals surface area (Å²) in [6.07, 6.45) is 1.65. The van der Waals surface area contributed by atoms with Crippen LogP contribution in [0.25, 0.3) is 0 Å². The zero-order valence-electron chi connectivity index (χ0n) is 12.0. The van der Waals surface area contributed by atoms with Crippen molar-refractivity contribution in [3.8, 4) is 5.75 Å². The summed E-state index contributed by atoms with van der Waals surface area (Å²) >= 11 is 5.11. The number of hydrogen-bond donors (Lipinski definition) is 2. The molecule has 0 aliphatic rings. The van der Waals surface area contributed by atoms with E-state index in [2.05, 4.69) is 4.98 Å². The molecule has 0 aliphatic heterocycles. The van der Waals surface area contributed by atoms with Crippen LogP contribution in [-0.4, -0.2) is 27.7 Å². The maximum atomic E-state index is 12.2. The lowest BCUT2D eigenvalue weighted by atomic mass is 10.1. The van der Waals surface area contributed by atoms with Gasteiger partial charge >= 0.3 is 5.97 Å². The van der Waals surface area contributed by atoms with Crippen molar-refractivity contribution in [1.29, 1.82) is 0 Å². The molecule has 0 bridgehead atoms. The van der Waals surface area contributed by atoms with E-state index in [9.17, 15) is 9.59 Å². The Morgan fingerprint density at radius 3 is 2.64 bits per heavy atom. The van der Waals surface area contributed by atoms with Crippen molar-refractivity contribution in [2.24, 2.45) is 0 Å². The fourth-order valence-electron chi connectivity index (χ4n) is 2.08. The molecule has 6 nitrogen and oxygen atoms in total. The first-order valence-corrected chi connectivity index (χ1v) is 7.08. The number of carbonyl (C=O) groups is 1. The Bertz CT molecular complexity index is 777. The Morgan fingerprint density at radius 1 is 1.36 bits per heavy atom. The average Bonchev–Trinajstić information content (AvgIpc) is 2.50. The third kappa shape index (κ3) is 3.82. The average molecular weight is 320 g/mol. The van der Waals surface area contributed by atoms with Gasteiger partial charge in [0.2, 0.25) is 0 Å². The second-order valence-corrected chi connectivity index (χ2v) is 5.13. The van der Waals surface area contributed by atoms with Crippen molar-refractivity contribution in [3.05, 3.63) is 56.7 Å². The molecule has 2 rings (SSSR count). The van der Waals surface area contributed by atoms with E-state index in [1.807, 2.05) is 24.3 Å².